The van der Waals surface area contributed by atoms with E-state index in [0.717, 1.165) is 30.8 Å². The highest BCUT2D eigenvalue weighted by Crippen LogP contribution is 2.35. The zero-order valence-corrected chi connectivity index (χ0v) is 13.8. The van der Waals surface area contributed by atoms with Crippen LogP contribution in [0.5, 0.6) is 5.75 Å². The number of hydrogen-bond donors (Lipinski definition) is 2. The first-order valence-corrected chi connectivity index (χ1v) is 8.54. The highest BCUT2D eigenvalue weighted by Gasteiger charge is 2.39. The number of amides is 1. The van der Waals surface area contributed by atoms with Crippen molar-refractivity contribution in [2.75, 3.05) is 33.3 Å². The Morgan fingerprint density at radius 1 is 1.30 bits per heavy atom. The van der Waals surface area contributed by atoms with Gasteiger partial charge >= 0.3 is 0 Å². The van der Waals surface area contributed by atoms with E-state index in [1.54, 1.807) is 7.11 Å². The first-order valence-electron chi connectivity index (χ1n) is 8.54. The minimum absolute atomic E-state index is 0.106. The van der Waals surface area contributed by atoms with Gasteiger partial charge in [0.15, 0.2) is 0 Å². The van der Waals surface area contributed by atoms with Gasteiger partial charge in [0.1, 0.15) is 5.75 Å². The number of carbonyl (C=O) groups excluding carboxylic acids is 1. The molecule has 0 aromatic heterocycles. The van der Waals surface area contributed by atoms with E-state index in [1.807, 2.05) is 24.3 Å². The van der Waals surface area contributed by atoms with E-state index in [-0.39, 0.29) is 5.91 Å². The van der Waals surface area contributed by atoms with Crippen molar-refractivity contribution in [3.05, 3.63) is 29.8 Å². The van der Waals surface area contributed by atoms with E-state index in [1.165, 1.54) is 12.8 Å². The molecule has 0 radical (unpaired) electrons. The number of piperidine rings is 1. The van der Waals surface area contributed by atoms with Crippen LogP contribution in [-0.4, -0.2) is 50.1 Å². The summed E-state index contributed by atoms with van der Waals surface area (Å²) in [4.78, 5) is 14.4. The third-order valence-electron chi connectivity index (χ3n) is 5.26. The third-order valence-corrected chi connectivity index (χ3v) is 5.26. The first-order chi connectivity index (χ1) is 11.2. The lowest BCUT2D eigenvalue weighted by atomic mass is 9.93. The van der Waals surface area contributed by atoms with E-state index < -0.39 is 0 Å². The number of methoxy groups -OCH3 is 1. The lowest BCUT2D eigenvalue weighted by Gasteiger charge is -2.35. The summed E-state index contributed by atoms with van der Waals surface area (Å²) in [6.45, 7) is 3.07. The Morgan fingerprint density at radius 3 is 2.70 bits per heavy atom. The molecule has 0 spiro atoms. The van der Waals surface area contributed by atoms with Gasteiger partial charge in [0, 0.05) is 25.7 Å². The lowest BCUT2D eigenvalue weighted by molar-refractivity contribution is -0.122. The highest BCUT2D eigenvalue weighted by molar-refractivity contribution is 5.78. The zero-order valence-electron chi connectivity index (χ0n) is 13.8. The summed E-state index contributed by atoms with van der Waals surface area (Å²) in [5.74, 6) is 2.14. The maximum Gasteiger partial charge on any atom is 0.234 e. The van der Waals surface area contributed by atoms with E-state index in [4.69, 9.17) is 10.5 Å². The fourth-order valence-electron chi connectivity index (χ4n) is 4.00. The Kier molecular flexibility index (Phi) is 5.18. The fraction of sp³-hybridized carbons (Fsp3) is 0.611. The molecule has 1 amide bonds. The monoisotopic (exact) mass is 317 g/mol. The standard InChI is InChI=1S/C18H27N3O2/c1-23-16-5-3-2-4-13(16)8-9-20-17(22)12-21-10-14-6-7-15(11-21)18(14)19/h2-5,14-15,18H,6-12,19H2,1H3,(H,20,22)/t14-,15+,18?. The Bertz CT molecular complexity index is 535. The van der Waals surface area contributed by atoms with Crippen LogP contribution in [0.25, 0.3) is 0 Å². The number of likely N-dealkylation sites (tertiary alicyclic amines) is 1. The highest BCUT2D eigenvalue weighted by atomic mass is 16.5. The predicted octanol–water partition coefficient (Wildman–Crippen LogP) is 1.02. The Labute approximate surface area is 138 Å². The summed E-state index contributed by atoms with van der Waals surface area (Å²) in [7, 11) is 1.67. The number of nitrogens with one attached hydrogen (secondary N) is 1. The Morgan fingerprint density at radius 2 is 2.00 bits per heavy atom. The molecular weight excluding hydrogens is 290 g/mol. The molecule has 126 valence electrons. The second-order valence-electron chi connectivity index (χ2n) is 6.78. The number of rotatable bonds is 6. The smallest absolute Gasteiger partial charge is 0.234 e. The summed E-state index contributed by atoms with van der Waals surface area (Å²) in [6.07, 6.45) is 3.22. The molecule has 1 aromatic carbocycles. The summed E-state index contributed by atoms with van der Waals surface area (Å²) < 4.78 is 5.33. The largest absolute Gasteiger partial charge is 0.496 e. The third kappa shape index (κ3) is 3.85. The van der Waals surface area contributed by atoms with Gasteiger partial charge in [-0.15, -0.1) is 0 Å². The molecule has 3 rings (SSSR count). The van der Waals surface area contributed by atoms with Crippen LogP contribution >= 0.6 is 0 Å². The van der Waals surface area contributed by atoms with Crippen molar-refractivity contribution >= 4 is 5.91 Å². The van der Waals surface area contributed by atoms with Crippen LogP contribution in [0.15, 0.2) is 24.3 Å². The zero-order chi connectivity index (χ0) is 16.2. The van der Waals surface area contributed by atoms with Crippen molar-refractivity contribution in [3.63, 3.8) is 0 Å². The molecule has 3 N–H and O–H groups in total. The van der Waals surface area contributed by atoms with Gasteiger partial charge in [-0.1, -0.05) is 18.2 Å². The van der Waals surface area contributed by atoms with E-state index in [2.05, 4.69) is 10.2 Å². The minimum atomic E-state index is 0.106. The van der Waals surface area contributed by atoms with Gasteiger partial charge < -0.3 is 15.8 Å². The number of ether oxygens (including phenoxy) is 1. The molecule has 1 unspecified atom stereocenters. The molecular formula is C18H27N3O2. The lowest BCUT2D eigenvalue weighted by Crippen LogP contribution is -2.51. The summed E-state index contributed by atoms with van der Waals surface area (Å²) in [5, 5.41) is 3.02. The molecule has 2 bridgehead atoms. The Balaban J connectivity index is 1.42. The van der Waals surface area contributed by atoms with Gasteiger partial charge in [0.2, 0.25) is 5.91 Å². The number of benzene rings is 1. The minimum Gasteiger partial charge on any atom is -0.496 e. The van der Waals surface area contributed by atoms with Crippen LogP contribution in [-0.2, 0) is 11.2 Å². The van der Waals surface area contributed by atoms with Crippen LogP contribution < -0.4 is 15.8 Å². The topological polar surface area (TPSA) is 67.6 Å². The molecule has 1 saturated carbocycles. The SMILES string of the molecule is COc1ccccc1CCNC(=O)CN1C[C@H]2CC[C@@H](C1)C2N. The molecule has 5 nitrogen and oxygen atoms in total. The summed E-state index contributed by atoms with van der Waals surface area (Å²) in [6, 6.07) is 8.28. The normalized spacial score (nSPS) is 27.0. The van der Waals surface area contributed by atoms with E-state index in [0.29, 0.717) is 31.0 Å². The van der Waals surface area contributed by atoms with Crippen molar-refractivity contribution in [1.29, 1.82) is 0 Å². The van der Waals surface area contributed by atoms with Crippen LogP contribution in [0.3, 0.4) is 0 Å². The average molecular weight is 317 g/mol. The number of carbonyl (C=O) groups is 1. The van der Waals surface area contributed by atoms with Gasteiger partial charge in [-0.2, -0.15) is 0 Å². The molecule has 1 saturated heterocycles. The summed E-state index contributed by atoms with van der Waals surface area (Å²) >= 11 is 0. The van der Waals surface area contributed by atoms with Gasteiger partial charge in [0.25, 0.3) is 0 Å². The Hall–Kier alpha value is -1.59. The molecule has 1 aliphatic heterocycles. The molecule has 2 aliphatic rings. The molecule has 5 heteroatoms. The predicted molar refractivity (Wildman–Crippen MR) is 90.3 cm³/mol. The van der Waals surface area contributed by atoms with Crippen LogP contribution in [0.2, 0.25) is 0 Å². The van der Waals surface area contributed by atoms with Gasteiger partial charge in [-0.25, -0.2) is 0 Å². The van der Waals surface area contributed by atoms with Crippen LogP contribution in [0.4, 0.5) is 0 Å². The maximum absolute atomic E-state index is 12.2. The maximum atomic E-state index is 12.2. The quantitative estimate of drug-likeness (QED) is 0.822. The molecule has 1 aromatic rings. The van der Waals surface area contributed by atoms with Crippen LogP contribution in [0, 0.1) is 11.8 Å². The van der Waals surface area contributed by atoms with Crippen LogP contribution in [0.1, 0.15) is 18.4 Å². The molecule has 1 aliphatic carbocycles. The number of fused-ring (bicyclic) bond motifs is 2. The van der Waals surface area contributed by atoms with Crippen molar-refractivity contribution in [3.8, 4) is 5.75 Å². The number of nitrogens with two attached hydrogens (primary N) is 1. The van der Waals surface area contributed by atoms with Gasteiger partial charge in [0.05, 0.1) is 13.7 Å². The van der Waals surface area contributed by atoms with Crippen molar-refractivity contribution in [1.82, 2.24) is 10.2 Å². The summed E-state index contributed by atoms with van der Waals surface area (Å²) in [5.41, 5.74) is 7.33. The number of nitrogens with zero attached hydrogens (tertiary/aromatic N) is 1. The number of para-hydroxylation sites is 1. The van der Waals surface area contributed by atoms with E-state index >= 15 is 0 Å². The van der Waals surface area contributed by atoms with Crippen molar-refractivity contribution in [2.24, 2.45) is 17.6 Å². The number of hydrogen-bond acceptors (Lipinski definition) is 4. The first kappa shape index (κ1) is 16.3. The average Bonchev–Trinajstić information content (AvgIpc) is 2.76. The van der Waals surface area contributed by atoms with E-state index in [9.17, 15) is 4.79 Å². The molecule has 2 fully saturated rings. The van der Waals surface area contributed by atoms with Gasteiger partial charge in [-0.3, -0.25) is 9.69 Å². The van der Waals surface area contributed by atoms with Gasteiger partial charge in [-0.05, 0) is 42.7 Å². The molecule has 23 heavy (non-hydrogen) atoms. The molecule has 3 atom stereocenters. The van der Waals surface area contributed by atoms with Crippen molar-refractivity contribution < 1.29 is 9.53 Å². The molecule has 1 heterocycles. The fourth-order valence-corrected chi connectivity index (χ4v) is 4.00. The second kappa shape index (κ2) is 7.32. The van der Waals surface area contributed by atoms with Crippen molar-refractivity contribution in [2.45, 2.75) is 25.3 Å². The second-order valence-corrected chi connectivity index (χ2v) is 6.78.